The molecule has 0 aromatic rings. The second kappa shape index (κ2) is 11.6. The number of likely N-dealkylation sites (tertiary alicyclic amines) is 2. The van der Waals surface area contributed by atoms with Crippen LogP contribution in [0.25, 0.3) is 0 Å². The number of rotatable bonds is 6. The van der Waals surface area contributed by atoms with E-state index in [1.165, 1.54) is 38.9 Å². The van der Waals surface area contributed by atoms with E-state index in [0.29, 0.717) is 12.0 Å². The summed E-state index contributed by atoms with van der Waals surface area (Å²) < 4.78 is 5.54. The van der Waals surface area contributed by atoms with E-state index in [9.17, 15) is 4.79 Å². The molecule has 0 bridgehead atoms. The smallest absolute Gasteiger partial charge is 0.410 e. The number of guanidine groups is 1. The van der Waals surface area contributed by atoms with Crippen LogP contribution in [0.15, 0.2) is 4.99 Å². The number of amides is 1. The Kier molecular flexibility index (Phi) is 9.53. The van der Waals surface area contributed by atoms with E-state index >= 15 is 0 Å². The van der Waals surface area contributed by atoms with E-state index in [1.54, 1.807) is 0 Å². The van der Waals surface area contributed by atoms with Crippen molar-refractivity contribution >= 4 is 12.1 Å². The van der Waals surface area contributed by atoms with E-state index in [4.69, 9.17) is 9.73 Å². The fraction of sp³-hybridized carbons (Fsp3) is 0.909. The minimum Gasteiger partial charge on any atom is -0.444 e. The second-order valence-corrected chi connectivity index (χ2v) is 9.41. The third-order valence-corrected chi connectivity index (χ3v) is 5.49. The van der Waals surface area contributed by atoms with Crippen LogP contribution < -0.4 is 10.6 Å². The molecule has 2 N–H and O–H groups in total. The maximum atomic E-state index is 12.4. The molecule has 0 aromatic heterocycles. The van der Waals surface area contributed by atoms with Crippen LogP contribution in [0.1, 0.15) is 66.7 Å². The average Bonchev–Trinajstić information content (AvgIpc) is 2.67. The van der Waals surface area contributed by atoms with Crippen molar-refractivity contribution in [3.8, 4) is 0 Å². The zero-order valence-electron chi connectivity index (χ0n) is 19.3. The third-order valence-electron chi connectivity index (χ3n) is 5.49. The number of carbonyl (C=O) groups is 1. The Morgan fingerprint density at radius 1 is 1.14 bits per heavy atom. The number of hydrogen-bond acceptors (Lipinski definition) is 4. The van der Waals surface area contributed by atoms with E-state index in [1.807, 2.05) is 25.7 Å². The largest absolute Gasteiger partial charge is 0.444 e. The Morgan fingerprint density at radius 2 is 1.86 bits per heavy atom. The topological polar surface area (TPSA) is 69.2 Å². The summed E-state index contributed by atoms with van der Waals surface area (Å²) in [6.07, 6.45) is 5.48. The molecule has 2 aliphatic rings. The summed E-state index contributed by atoms with van der Waals surface area (Å²) in [7, 11) is 0. The third kappa shape index (κ3) is 8.81. The van der Waals surface area contributed by atoms with Gasteiger partial charge in [-0.25, -0.2) is 4.79 Å². The van der Waals surface area contributed by atoms with E-state index in [0.717, 1.165) is 45.0 Å². The molecule has 0 spiro atoms. The Bertz CT molecular complexity index is 524. The number of hydrogen-bond donors (Lipinski definition) is 2. The van der Waals surface area contributed by atoms with Gasteiger partial charge in [0.25, 0.3) is 0 Å². The molecule has 29 heavy (non-hydrogen) atoms. The lowest BCUT2D eigenvalue weighted by Gasteiger charge is -2.34. The summed E-state index contributed by atoms with van der Waals surface area (Å²) >= 11 is 0. The van der Waals surface area contributed by atoms with Crippen molar-refractivity contribution in [1.82, 2.24) is 20.4 Å². The first kappa shape index (κ1) is 23.8. The number of nitrogens with one attached hydrogen (secondary N) is 2. The molecule has 0 aliphatic carbocycles. The predicted octanol–water partition coefficient (Wildman–Crippen LogP) is 3.06. The van der Waals surface area contributed by atoms with E-state index in [2.05, 4.69) is 29.4 Å². The molecule has 1 atom stereocenters. The number of carbonyl (C=O) groups excluding carboxylic acids is 1. The Balaban J connectivity index is 1.83. The quantitative estimate of drug-likeness (QED) is 0.521. The molecule has 0 radical (unpaired) electrons. The first-order valence-corrected chi connectivity index (χ1v) is 11.6. The molecule has 1 unspecified atom stereocenters. The molecular weight excluding hydrogens is 366 g/mol. The summed E-state index contributed by atoms with van der Waals surface area (Å²) in [6, 6.07) is 0.491. The van der Waals surface area contributed by atoms with Crippen LogP contribution in [0.4, 0.5) is 4.79 Å². The van der Waals surface area contributed by atoms with Crippen LogP contribution in [-0.2, 0) is 4.74 Å². The molecule has 2 heterocycles. The molecule has 2 rings (SSSR count). The standard InChI is InChI=1S/C22H43N5O2/c1-6-12-26-14-10-19(11-15-26)25-20(23-7-2)24-16-18-9-8-13-27(17-18)21(28)29-22(3,4)5/h18-19H,6-17H2,1-5H3,(H2,23,24,25). The highest BCUT2D eigenvalue weighted by atomic mass is 16.6. The summed E-state index contributed by atoms with van der Waals surface area (Å²) in [6.45, 7) is 16.7. The number of piperidine rings is 2. The van der Waals surface area contributed by atoms with Gasteiger partial charge in [0.05, 0.1) is 0 Å². The fourth-order valence-corrected chi connectivity index (χ4v) is 4.06. The number of aliphatic imine (C=N–C) groups is 1. The van der Waals surface area contributed by atoms with Gasteiger partial charge >= 0.3 is 6.09 Å². The molecular formula is C22H43N5O2. The number of nitrogens with zero attached hydrogens (tertiary/aromatic N) is 3. The lowest BCUT2D eigenvalue weighted by molar-refractivity contribution is 0.0170. The molecule has 2 aliphatic heterocycles. The molecule has 1 amide bonds. The molecule has 7 nitrogen and oxygen atoms in total. The van der Waals surface area contributed by atoms with Crippen LogP contribution in [0.5, 0.6) is 0 Å². The van der Waals surface area contributed by atoms with Crippen molar-refractivity contribution < 1.29 is 9.53 Å². The van der Waals surface area contributed by atoms with Gasteiger partial charge in [0.2, 0.25) is 0 Å². The Hall–Kier alpha value is -1.50. The highest BCUT2D eigenvalue weighted by Gasteiger charge is 2.27. The maximum Gasteiger partial charge on any atom is 0.410 e. The van der Waals surface area contributed by atoms with Gasteiger partial charge in [-0.1, -0.05) is 6.92 Å². The average molecular weight is 410 g/mol. The highest BCUT2D eigenvalue weighted by Crippen LogP contribution is 2.19. The van der Waals surface area contributed by atoms with Gasteiger partial charge in [-0.05, 0) is 72.3 Å². The highest BCUT2D eigenvalue weighted by molar-refractivity contribution is 5.80. The van der Waals surface area contributed by atoms with Crippen molar-refractivity contribution in [3.63, 3.8) is 0 Å². The molecule has 0 aromatic carbocycles. The first-order valence-electron chi connectivity index (χ1n) is 11.6. The predicted molar refractivity (Wildman–Crippen MR) is 119 cm³/mol. The zero-order chi connectivity index (χ0) is 21.3. The van der Waals surface area contributed by atoms with Gasteiger partial charge in [0.15, 0.2) is 5.96 Å². The van der Waals surface area contributed by atoms with Gasteiger partial charge in [0.1, 0.15) is 5.60 Å². The normalized spacial score (nSPS) is 22.4. The molecule has 2 fully saturated rings. The van der Waals surface area contributed by atoms with Crippen LogP contribution in [0.3, 0.4) is 0 Å². The fourth-order valence-electron chi connectivity index (χ4n) is 4.06. The number of ether oxygens (including phenoxy) is 1. The van der Waals surface area contributed by atoms with Crippen LogP contribution in [-0.4, -0.2) is 79.3 Å². The summed E-state index contributed by atoms with van der Waals surface area (Å²) in [5, 5.41) is 7.02. The Labute approximate surface area is 177 Å². The summed E-state index contributed by atoms with van der Waals surface area (Å²) in [5.74, 6) is 1.30. The van der Waals surface area contributed by atoms with E-state index < -0.39 is 5.60 Å². The maximum absolute atomic E-state index is 12.4. The van der Waals surface area contributed by atoms with Gasteiger partial charge in [-0.2, -0.15) is 0 Å². The van der Waals surface area contributed by atoms with E-state index in [-0.39, 0.29) is 6.09 Å². The summed E-state index contributed by atoms with van der Waals surface area (Å²) in [5.41, 5.74) is -0.447. The minimum atomic E-state index is -0.447. The van der Waals surface area contributed by atoms with Crippen LogP contribution >= 0.6 is 0 Å². The van der Waals surface area contributed by atoms with Crippen LogP contribution in [0.2, 0.25) is 0 Å². The monoisotopic (exact) mass is 409 g/mol. The van der Waals surface area contributed by atoms with Crippen LogP contribution in [0, 0.1) is 5.92 Å². The lowest BCUT2D eigenvalue weighted by Crippen LogP contribution is -2.49. The van der Waals surface area contributed by atoms with Crippen molar-refractivity contribution in [2.24, 2.45) is 10.9 Å². The first-order chi connectivity index (χ1) is 13.8. The van der Waals surface area contributed by atoms with Gasteiger partial charge in [-0.15, -0.1) is 0 Å². The lowest BCUT2D eigenvalue weighted by atomic mass is 9.98. The molecule has 2 saturated heterocycles. The van der Waals surface area contributed by atoms with Crippen molar-refractivity contribution in [2.45, 2.75) is 78.4 Å². The SMILES string of the molecule is CCCN1CCC(NC(=NCC2CCCN(C(=O)OC(C)(C)C)C2)NCC)CC1. The zero-order valence-corrected chi connectivity index (χ0v) is 19.3. The summed E-state index contributed by atoms with van der Waals surface area (Å²) in [4.78, 5) is 21.6. The van der Waals surface area contributed by atoms with Gasteiger partial charge in [0, 0.05) is 45.3 Å². The second-order valence-electron chi connectivity index (χ2n) is 9.41. The van der Waals surface area contributed by atoms with Gasteiger partial charge in [-0.3, -0.25) is 4.99 Å². The minimum absolute atomic E-state index is 0.199. The van der Waals surface area contributed by atoms with Crippen molar-refractivity contribution in [1.29, 1.82) is 0 Å². The molecule has 7 heteroatoms. The van der Waals surface area contributed by atoms with Crippen molar-refractivity contribution in [2.75, 3.05) is 45.8 Å². The molecule has 168 valence electrons. The molecule has 0 saturated carbocycles. The van der Waals surface area contributed by atoms with Crippen molar-refractivity contribution in [3.05, 3.63) is 0 Å². The van der Waals surface area contributed by atoms with Gasteiger partial charge < -0.3 is 25.2 Å². The Morgan fingerprint density at radius 3 is 2.48 bits per heavy atom.